The summed E-state index contributed by atoms with van der Waals surface area (Å²) < 4.78 is 43.8. The molecule has 2 atom stereocenters. The lowest BCUT2D eigenvalue weighted by Crippen LogP contribution is -2.29. The van der Waals surface area contributed by atoms with E-state index < -0.39 is 48.0 Å². The van der Waals surface area contributed by atoms with Crippen LogP contribution in [-0.2, 0) is 17.8 Å². The number of aliphatic carboxylic acids is 1. The van der Waals surface area contributed by atoms with Crippen molar-refractivity contribution >= 4 is 11.9 Å². The molecule has 0 spiro atoms. The highest BCUT2D eigenvalue weighted by atomic mass is 19.2. The Morgan fingerprint density at radius 2 is 1.68 bits per heavy atom. The quantitative estimate of drug-likeness (QED) is 0.351. The fourth-order valence-corrected chi connectivity index (χ4v) is 4.59. The summed E-state index contributed by atoms with van der Waals surface area (Å²) in [5, 5.41) is 35.6. The van der Waals surface area contributed by atoms with Gasteiger partial charge in [-0.2, -0.15) is 5.10 Å². The van der Waals surface area contributed by atoms with Crippen molar-refractivity contribution in [1.29, 1.82) is 0 Å². The number of halogens is 3. The molecular weight excluding hydrogens is 527 g/mol. The zero-order valence-electron chi connectivity index (χ0n) is 22.8. The molecule has 0 aliphatic heterocycles. The maximum atomic E-state index is 14.5. The van der Waals surface area contributed by atoms with Gasteiger partial charge >= 0.3 is 0 Å². The lowest BCUT2D eigenvalue weighted by Gasteiger charge is -2.19. The molecule has 1 aromatic heterocycles. The molecule has 0 bridgehead atoms. The Morgan fingerprint density at radius 1 is 1.02 bits per heavy atom. The number of amides is 1. The van der Waals surface area contributed by atoms with Crippen molar-refractivity contribution < 1.29 is 38.1 Å². The maximum absolute atomic E-state index is 14.5. The van der Waals surface area contributed by atoms with Crippen molar-refractivity contribution in [2.45, 2.75) is 71.1 Å². The minimum Gasteiger partial charge on any atom is -0.550 e. The molecule has 8 nitrogen and oxygen atoms in total. The third-order valence-electron chi connectivity index (χ3n) is 6.64. The lowest BCUT2D eigenvalue weighted by atomic mass is 9.95. The standard InChI is InChI=1S/C29H34F3N3O5/c1-16(2)25-23(12-11-21(36)13-22(37)14-24(38)39)35(20-9-7-19(30)8-10-20)33-28(25)29(40)34(4)15-18-6-5-17(3)26(31)27(18)32/h5-10,16,21-22,36-37H,11-15H2,1-4H3,(H,38,39)/p-1/t21-,22-/m1/s1. The van der Waals surface area contributed by atoms with Crippen LogP contribution in [0.15, 0.2) is 36.4 Å². The van der Waals surface area contributed by atoms with Gasteiger partial charge in [0.2, 0.25) is 0 Å². The van der Waals surface area contributed by atoms with Gasteiger partial charge < -0.3 is 25.0 Å². The number of hydrogen-bond acceptors (Lipinski definition) is 6. The number of nitrogens with zero attached hydrogens (tertiary/aromatic N) is 3. The van der Waals surface area contributed by atoms with Gasteiger partial charge in [0.05, 0.1) is 17.9 Å². The molecular formula is C29H33F3N3O5-. The molecule has 0 saturated carbocycles. The Kier molecular flexibility index (Phi) is 10.1. The Hall–Kier alpha value is -3.70. The molecule has 0 radical (unpaired) electrons. The van der Waals surface area contributed by atoms with Gasteiger partial charge in [0.15, 0.2) is 17.3 Å². The third-order valence-corrected chi connectivity index (χ3v) is 6.64. The van der Waals surface area contributed by atoms with Crippen molar-refractivity contribution in [3.05, 3.63) is 81.9 Å². The maximum Gasteiger partial charge on any atom is 0.274 e. The number of rotatable bonds is 12. The van der Waals surface area contributed by atoms with E-state index in [1.165, 1.54) is 60.0 Å². The van der Waals surface area contributed by atoms with E-state index in [1.54, 1.807) is 0 Å². The van der Waals surface area contributed by atoms with Gasteiger partial charge in [0.25, 0.3) is 5.91 Å². The number of carboxylic acids is 1. The normalized spacial score (nSPS) is 12.9. The van der Waals surface area contributed by atoms with Crippen molar-refractivity contribution in [1.82, 2.24) is 14.7 Å². The first kappa shape index (κ1) is 30.8. The van der Waals surface area contributed by atoms with Crippen molar-refractivity contribution in [2.24, 2.45) is 0 Å². The Morgan fingerprint density at radius 3 is 2.27 bits per heavy atom. The van der Waals surface area contributed by atoms with E-state index in [0.717, 1.165) is 0 Å². The number of carboxylic acid groups (broad SMARTS) is 1. The van der Waals surface area contributed by atoms with E-state index in [2.05, 4.69) is 5.10 Å². The largest absolute Gasteiger partial charge is 0.550 e. The van der Waals surface area contributed by atoms with Gasteiger partial charge in [-0.15, -0.1) is 0 Å². The van der Waals surface area contributed by atoms with Crippen LogP contribution in [0, 0.1) is 24.4 Å². The van der Waals surface area contributed by atoms with Gasteiger partial charge in [-0.25, -0.2) is 17.9 Å². The predicted molar refractivity (Wildman–Crippen MR) is 139 cm³/mol. The predicted octanol–water partition coefficient (Wildman–Crippen LogP) is 3.18. The van der Waals surface area contributed by atoms with Crippen molar-refractivity contribution in [2.75, 3.05) is 7.05 Å². The van der Waals surface area contributed by atoms with Crippen LogP contribution in [-0.4, -0.2) is 56.0 Å². The molecule has 3 rings (SSSR count). The van der Waals surface area contributed by atoms with E-state index in [0.29, 0.717) is 16.9 Å². The van der Waals surface area contributed by atoms with Crippen LogP contribution in [0.4, 0.5) is 13.2 Å². The van der Waals surface area contributed by atoms with Crippen LogP contribution in [0.1, 0.15) is 71.9 Å². The summed E-state index contributed by atoms with van der Waals surface area (Å²) in [5.74, 6) is -4.69. The summed E-state index contributed by atoms with van der Waals surface area (Å²) in [6.07, 6.45) is -2.86. The average molecular weight is 561 g/mol. The summed E-state index contributed by atoms with van der Waals surface area (Å²) in [4.78, 5) is 25.6. The van der Waals surface area contributed by atoms with Gasteiger partial charge in [-0.1, -0.05) is 26.0 Å². The number of hydrogen-bond donors (Lipinski definition) is 2. The Balaban J connectivity index is 1.98. The fraction of sp³-hybridized carbons (Fsp3) is 0.414. The summed E-state index contributed by atoms with van der Waals surface area (Å²) in [7, 11) is 1.45. The average Bonchev–Trinajstić information content (AvgIpc) is 3.27. The molecule has 1 amide bonds. The zero-order chi connectivity index (χ0) is 29.7. The first-order valence-corrected chi connectivity index (χ1v) is 12.9. The molecule has 1 heterocycles. The van der Waals surface area contributed by atoms with Crippen LogP contribution in [0.3, 0.4) is 0 Å². The highest BCUT2D eigenvalue weighted by molar-refractivity contribution is 5.94. The van der Waals surface area contributed by atoms with E-state index >= 15 is 0 Å². The smallest absolute Gasteiger partial charge is 0.274 e. The fourth-order valence-electron chi connectivity index (χ4n) is 4.59. The van der Waals surface area contributed by atoms with E-state index in [9.17, 15) is 38.1 Å². The molecule has 2 N–H and O–H groups in total. The number of carbonyl (C=O) groups is 2. The molecule has 40 heavy (non-hydrogen) atoms. The number of aryl methyl sites for hydroxylation is 1. The van der Waals surface area contributed by atoms with Crippen LogP contribution >= 0.6 is 0 Å². The third kappa shape index (κ3) is 7.28. The lowest BCUT2D eigenvalue weighted by molar-refractivity contribution is -0.307. The number of aliphatic hydroxyl groups excluding tert-OH is 2. The summed E-state index contributed by atoms with van der Waals surface area (Å²) >= 11 is 0. The van der Waals surface area contributed by atoms with Crippen LogP contribution < -0.4 is 5.11 Å². The van der Waals surface area contributed by atoms with Crippen molar-refractivity contribution in [3.63, 3.8) is 0 Å². The zero-order valence-corrected chi connectivity index (χ0v) is 22.8. The second kappa shape index (κ2) is 13.1. The molecule has 0 aliphatic carbocycles. The SMILES string of the molecule is Cc1ccc(CN(C)C(=O)c2nn(-c3ccc(F)cc3)c(CC[C@@H](O)C[C@@H](O)CC(=O)[O-])c2C(C)C)c(F)c1F. The molecule has 0 aliphatic rings. The molecule has 216 valence electrons. The number of aromatic nitrogens is 2. The van der Waals surface area contributed by atoms with Crippen molar-refractivity contribution in [3.8, 4) is 5.69 Å². The van der Waals surface area contributed by atoms with Crippen LogP contribution in [0.25, 0.3) is 5.69 Å². The second-order valence-corrected chi connectivity index (χ2v) is 10.2. The number of benzene rings is 2. The van der Waals surface area contributed by atoms with Crippen LogP contribution in [0.5, 0.6) is 0 Å². The second-order valence-electron chi connectivity index (χ2n) is 10.2. The highest BCUT2D eigenvalue weighted by Gasteiger charge is 2.29. The first-order chi connectivity index (χ1) is 18.8. The molecule has 0 unspecified atom stereocenters. The molecule has 3 aromatic rings. The number of carbonyl (C=O) groups excluding carboxylic acids is 2. The molecule has 2 aromatic carbocycles. The minimum absolute atomic E-state index is 0.00137. The molecule has 0 fully saturated rings. The Bertz CT molecular complexity index is 1360. The van der Waals surface area contributed by atoms with Gasteiger partial charge in [-0.3, -0.25) is 4.79 Å². The van der Waals surface area contributed by atoms with E-state index in [-0.39, 0.29) is 48.5 Å². The molecule has 0 saturated heterocycles. The first-order valence-electron chi connectivity index (χ1n) is 12.9. The van der Waals surface area contributed by atoms with Crippen LogP contribution in [0.2, 0.25) is 0 Å². The Labute approximate surface area is 230 Å². The highest BCUT2D eigenvalue weighted by Crippen LogP contribution is 2.29. The number of aliphatic hydroxyl groups is 2. The summed E-state index contributed by atoms with van der Waals surface area (Å²) in [6, 6.07) is 8.30. The van der Waals surface area contributed by atoms with Gasteiger partial charge in [0.1, 0.15) is 5.82 Å². The van der Waals surface area contributed by atoms with Gasteiger partial charge in [-0.05, 0) is 61.9 Å². The topological polar surface area (TPSA) is 119 Å². The summed E-state index contributed by atoms with van der Waals surface area (Å²) in [5.41, 5.74) is 1.78. The monoisotopic (exact) mass is 560 g/mol. The summed E-state index contributed by atoms with van der Waals surface area (Å²) in [6.45, 7) is 4.92. The van der Waals surface area contributed by atoms with E-state index in [1.807, 2.05) is 13.8 Å². The minimum atomic E-state index is -1.43. The van der Waals surface area contributed by atoms with E-state index in [4.69, 9.17) is 0 Å². The molecule has 11 heteroatoms. The van der Waals surface area contributed by atoms with Gasteiger partial charge in [0, 0.05) is 42.8 Å².